The molecule has 1 aromatic rings. The van der Waals surface area contributed by atoms with Crippen molar-refractivity contribution in [3.8, 4) is 11.5 Å². The normalized spacial score (nSPS) is 13.2. The molecule has 110 valence electrons. The SMILES string of the molecule is CCN(CC)C(=O)CSc1cc2c(cc1Cl)OCCO2. The summed E-state index contributed by atoms with van der Waals surface area (Å²) in [6.07, 6.45) is 0. The first-order valence-corrected chi connectivity index (χ1v) is 8.01. The first-order valence-electron chi connectivity index (χ1n) is 6.65. The van der Waals surface area contributed by atoms with Gasteiger partial charge in [-0.15, -0.1) is 11.8 Å². The average molecular weight is 316 g/mol. The van der Waals surface area contributed by atoms with Crippen LogP contribution in [0.15, 0.2) is 17.0 Å². The molecule has 6 heteroatoms. The van der Waals surface area contributed by atoms with Crippen LogP contribution < -0.4 is 9.47 Å². The number of fused-ring (bicyclic) bond motifs is 1. The second-order valence-electron chi connectivity index (χ2n) is 4.28. The number of halogens is 1. The molecule has 1 aliphatic heterocycles. The molecule has 0 saturated carbocycles. The topological polar surface area (TPSA) is 38.8 Å². The number of hydrogen-bond acceptors (Lipinski definition) is 4. The van der Waals surface area contributed by atoms with E-state index in [9.17, 15) is 4.79 Å². The van der Waals surface area contributed by atoms with Gasteiger partial charge >= 0.3 is 0 Å². The summed E-state index contributed by atoms with van der Waals surface area (Å²) in [6.45, 7) is 6.48. The molecule has 0 aromatic heterocycles. The minimum Gasteiger partial charge on any atom is -0.486 e. The second-order valence-corrected chi connectivity index (χ2v) is 5.71. The van der Waals surface area contributed by atoms with Crippen LogP contribution in [0.3, 0.4) is 0 Å². The van der Waals surface area contributed by atoms with Crippen LogP contribution in [0.5, 0.6) is 11.5 Å². The fourth-order valence-electron chi connectivity index (χ4n) is 1.96. The molecule has 0 spiro atoms. The highest BCUT2D eigenvalue weighted by Gasteiger charge is 2.17. The number of carbonyl (C=O) groups is 1. The van der Waals surface area contributed by atoms with Crippen LogP contribution >= 0.6 is 23.4 Å². The van der Waals surface area contributed by atoms with Gasteiger partial charge < -0.3 is 14.4 Å². The van der Waals surface area contributed by atoms with Crippen LogP contribution in [-0.4, -0.2) is 42.9 Å². The largest absolute Gasteiger partial charge is 0.486 e. The third-order valence-corrected chi connectivity index (χ3v) is 4.53. The molecule has 1 aromatic carbocycles. The standard InChI is InChI=1S/C14H18ClNO3S/c1-3-16(4-2)14(17)9-20-13-8-12-11(7-10(13)15)18-5-6-19-12/h7-8H,3-6,9H2,1-2H3. The number of hydrogen-bond donors (Lipinski definition) is 0. The van der Waals surface area contributed by atoms with Crippen molar-refractivity contribution in [3.05, 3.63) is 17.2 Å². The predicted octanol–water partition coefficient (Wildman–Crippen LogP) is 3.07. The first-order chi connectivity index (χ1) is 9.65. The zero-order valence-electron chi connectivity index (χ0n) is 11.6. The molecule has 1 aliphatic rings. The lowest BCUT2D eigenvalue weighted by Crippen LogP contribution is -2.31. The van der Waals surface area contributed by atoms with Crippen molar-refractivity contribution in [1.82, 2.24) is 4.90 Å². The number of rotatable bonds is 5. The van der Waals surface area contributed by atoms with E-state index in [1.165, 1.54) is 11.8 Å². The molecule has 1 amide bonds. The minimum atomic E-state index is 0.117. The summed E-state index contributed by atoms with van der Waals surface area (Å²) >= 11 is 7.64. The van der Waals surface area contributed by atoms with Gasteiger partial charge in [0.15, 0.2) is 11.5 Å². The lowest BCUT2D eigenvalue weighted by Gasteiger charge is -2.20. The summed E-state index contributed by atoms with van der Waals surface area (Å²) in [4.78, 5) is 14.6. The highest BCUT2D eigenvalue weighted by molar-refractivity contribution is 8.00. The van der Waals surface area contributed by atoms with E-state index in [-0.39, 0.29) is 5.91 Å². The molecule has 0 aliphatic carbocycles. The van der Waals surface area contributed by atoms with Gasteiger partial charge in [0.1, 0.15) is 13.2 Å². The quantitative estimate of drug-likeness (QED) is 0.783. The van der Waals surface area contributed by atoms with Crippen molar-refractivity contribution < 1.29 is 14.3 Å². The van der Waals surface area contributed by atoms with E-state index in [1.807, 2.05) is 19.9 Å². The highest BCUT2D eigenvalue weighted by Crippen LogP contribution is 2.39. The molecule has 0 N–H and O–H groups in total. The number of amides is 1. The van der Waals surface area contributed by atoms with Crippen LogP contribution in [0.25, 0.3) is 0 Å². The van der Waals surface area contributed by atoms with Gasteiger partial charge in [-0.25, -0.2) is 0 Å². The smallest absolute Gasteiger partial charge is 0.232 e. The molecule has 0 saturated heterocycles. The average Bonchev–Trinajstić information content (AvgIpc) is 2.46. The Morgan fingerprint density at radius 1 is 1.25 bits per heavy atom. The maximum Gasteiger partial charge on any atom is 0.232 e. The Kier molecular flexibility index (Phi) is 5.43. The number of benzene rings is 1. The zero-order chi connectivity index (χ0) is 14.5. The Balaban J connectivity index is 2.04. The monoisotopic (exact) mass is 315 g/mol. The summed E-state index contributed by atoms with van der Waals surface area (Å²) in [5.41, 5.74) is 0. The van der Waals surface area contributed by atoms with Gasteiger partial charge in [-0.2, -0.15) is 0 Å². The molecule has 2 rings (SSSR count). The van der Waals surface area contributed by atoms with Crippen molar-refractivity contribution >= 4 is 29.3 Å². The molecule has 0 bridgehead atoms. The lowest BCUT2D eigenvalue weighted by molar-refractivity contribution is -0.127. The second kappa shape index (κ2) is 7.09. The molecular weight excluding hydrogens is 298 g/mol. The van der Waals surface area contributed by atoms with Crippen molar-refractivity contribution in [2.75, 3.05) is 32.1 Å². The molecule has 0 unspecified atom stereocenters. The summed E-state index contributed by atoms with van der Waals surface area (Å²) in [7, 11) is 0. The van der Waals surface area contributed by atoms with Crippen molar-refractivity contribution in [3.63, 3.8) is 0 Å². The van der Waals surface area contributed by atoms with Crippen LogP contribution in [0.1, 0.15) is 13.8 Å². The van der Waals surface area contributed by atoms with Gasteiger partial charge in [-0.3, -0.25) is 4.79 Å². The van der Waals surface area contributed by atoms with Crippen LogP contribution in [0.2, 0.25) is 5.02 Å². The third-order valence-electron chi connectivity index (χ3n) is 3.06. The van der Waals surface area contributed by atoms with Crippen LogP contribution in [0.4, 0.5) is 0 Å². The number of thioether (sulfide) groups is 1. The minimum absolute atomic E-state index is 0.117. The van der Waals surface area contributed by atoms with Crippen molar-refractivity contribution in [2.45, 2.75) is 18.7 Å². The van der Waals surface area contributed by atoms with Gasteiger partial charge in [0.25, 0.3) is 0 Å². The predicted molar refractivity (Wildman–Crippen MR) is 81.1 cm³/mol. The molecular formula is C14H18ClNO3S. The Hall–Kier alpha value is -1.07. The Morgan fingerprint density at radius 3 is 2.45 bits per heavy atom. The molecule has 0 fully saturated rings. The zero-order valence-corrected chi connectivity index (χ0v) is 13.2. The van der Waals surface area contributed by atoms with Gasteiger partial charge in [0.2, 0.25) is 5.91 Å². The van der Waals surface area contributed by atoms with Gasteiger partial charge in [-0.1, -0.05) is 11.6 Å². The van der Waals surface area contributed by atoms with E-state index >= 15 is 0 Å². The summed E-state index contributed by atoms with van der Waals surface area (Å²) in [5.74, 6) is 1.85. The maximum atomic E-state index is 12.0. The van der Waals surface area contributed by atoms with E-state index in [2.05, 4.69) is 0 Å². The number of nitrogens with zero attached hydrogens (tertiary/aromatic N) is 1. The Bertz CT molecular complexity index is 492. The van der Waals surface area contributed by atoms with Crippen molar-refractivity contribution in [2.24, 2.45) is 0 Å². The van der Waals surface area contributed by atoms with E-state index in [0.717, 1.165) is 18.0 Å². The van der Waals surface area contributed by atoms with Crippen LogP contribution in [-0.2, 0) is 4.79 Å². The third kappa shape index (κ3) is 3.52. The number of carbonyl (C=O) groups excluding carboxylic acids is 1. The van der Waals surface area contributed by atoms with Gasteiger partial charge in [-0.05, 0) is 19.9 Å². The van der Waals surface area contributed by atoms with E-state index in [4.69, 9.17) is 21.1 Å². The van der Waals surface area contributed by atoms with E-state index in [1.54, 1.807) is 11.0 Å². The summed E-state index contributed by atoms with van der Waals surface area (Å²) in [6, 6.07) is 3.59. The van der Waals surface area contributed by atoms with Crippen molar-refractivity contribution in [1.29, 1.82) is 0 Å². The number of ether oxygens (including phenoxy) is 2. The van der Waals surface area contributed by atoms with Crippen LogP contribution in [0, 0.1) is 0 Å². The summed E-state index contributed by atoms with van der Waals surface area (Å²) < 4.78 is 11.0. The molecule has 4 nitrogen and oxygen atoms in total. The van der Waals surface area contributed by atoms with Gasteiger partial charge in [0, 0.05) is 24.1 Å². The first kappa shape index (κ1) is 15.3. The maximum absolute atomic E-state index is 12.0. The molecule has 0 atom stereocenters. The fraction of sp³-hybridized carbons (Fsp3) is 0.500. The van der Waals surface area contributed by atoms with E-state index < -0.39 is 0 Å². The summed E-state index contributed by atoms with van der Waals surface area (Å²) in [5, 5.41) is 0.589. The lowest BCUT2D eigenvalue weighted by atomic mass is 10.3. The highest BCUT2D eigenvalue weighted by atomic mass is 35.5. The molecule has 0 radical (unpaired) electrons. The van der Waals surface area contributed by atoms with Gasteiger partial charge in [0.05, 0.1) is 10.8 Å². The molecule has 20 heavy (non-hydrogen) atoms. The Morgan fingerprint density at radius 2 is 1.85 bits per heavy atom. The Labute approximate surface area is 128 Å². The van der Waals surface area contributed by atoms with E-state index in [0.29, 0.717) is 35.5 Å². The fourth-order valence-corrected chi connectivity index (χ4v) is 3.13. The molecule has 1 heterocycles.